The fourth-order valence-electron chi connectivity index (χ4n) is 3.89. The van der Waals surface area contributed by atoms with Gasteiger partial charge in [0.1, 0.15) is 6.04 Å². The van der Waals surface area contributed by atoms with Crippen LogP contribution in [0.2, 0.25) is 0 Å². The molecule has 1 saturated carbocycles. The number of hydrogen-bond donors (Lipinski definition) is 2. The maximum absolute atomic E-state index is 12.4. The lowest BCUT2D eigenvalue weighted by atomic mass is 9.94. The summed E-state index contributed by atoms with van der Waals surface area (Å²) < 4.78 is 5.51. The molecule has 2 saturated heterocycles. The normalized spacial score (nSPS) is 32.5. The number of hydrogen-bond acceptors (Lipinski definition) is 4. The number of amides is 2. The molecular weight excluding hydrogens is 318 g/mol. The molecule has 23 heavy (non-hydrogen) atoms. The van der Waals surface area contributed by atoms with Crippen molar-refractivity contribution in [1.82, 2.24) is 15.5 Å². The molecule has 2 aliphatic heterocycles. The van der Waals surface area contributed by atoms with E-state index >= 15 is 0 Å². The lowest BCUT2D eigenvalue weighted by Gasteiger charge is -2.32. The van der Waals surface area contributed by atoms with Crippen LogP contribution in [0.5, 0.6) is 0 Å². The van der Waals surface area contributed by atoms with Gasteiger partial charge in [-0.25, -0.2) is 0 Å². The molecule has 0 aromatic rings. The first-order valence-corrected chi connectivity index (χ1v) is 8.60. The number of likely N-dealkylation sites (tertiary alicyclic amines) is 1. The van der Waals surface area contributed by atoms with E-state index in [2.05, 4.69) is 10.6 Å². The van der Waals surface area contributed by atoms with Gasteiger partial charge in [0.05, 0.1) is 18.8 Å². The molecule has 3 atom stereocenters. The average Bonchev–Trinajstić information content (AvgIpc) is 2.89. The summed E-state index contributed by atoms with van der Waals surface area (Å²) in [5, 5.41) is 6.23. The predicted octanol–water partition coefficient (Wildman–Crippen LogP) is 0.835. The molecule has 2 heterocycles. The Morgan fingerprint density at radius 1 is 1.30 bits per heavy atom. The zero-order chi connectivity index (χ0) is 15.5. The SMILES string of the molecule is C[C@H]1OCCN[C@@H]1C(=O)NC1CC(=O)N(C2CCCCC2)C1.Cl. The molecule has 0 bridgehead atoms. The second kappa shape index (κ2) is 8.31. The van der Waals surface area contributed by atoms with Crippen LogP contribution in [-0.2, 0) is 14.3 Å². The highest BCUT2D eigenvalue weighted by atomic mass is 35.5. The van der Waals surface area contributed by atoms with Crippen molar-refractivity contribution in [2.24, 2.45) is 0 Å². The number of rotatable bonds is 3. The second-order valence-corrected chi connectivity index (χ2v) is 6.76. The maximum atomic E-state index is 12.4. The first-order valence-electron chi connectivity index (χ1n) is 8.60. The van der Waals surface area contributed by atoms with Gasteiger partial charge in [0.15, 0.2) is 0 Å². The van der Waals surface area contributed by atoms with Crippen molar-refractivity contribution in [2.75, 3.05) is 19.7 Å². The Morgan fingerprint density at radius 2 is 2.04 bits per heavy atom. The van der Waals surface area contributed by atoms with Crippen molar-refractivity contribution in [1.29, 1.82) is 0 Å². The molecule has 3 fully saturated rings. The summed E-state index contributed by atoms with van der Waals surface area (Å²) in [7, 11) is 0. The topological polar surface area (TPSA) is 70.7 Å². The third-order valence-corrected chi connectivity index (χ3v) is 5.12. The van der Waals surface area contributed by atoms with E-state index < -0.39 is 0 Å². The summed E-state index contributed by atoms with van der Waals surface area (Å²) >= 11 is 0. The molecule has 3 aliphatic rings. The first-order chi connectivity index (χ1) is 10.6. The summed E-state index contributed by atoms with van der Waals surface area (Å²) in [6.07, 6.45) is 6.25. The smallest absolute Gasteiger partial charge is 0.240 e. The van der Waals surface area contributed by atoms with E-state index in [0.29, 0.717) is 32.2 Å². The van der Waals surface area contributed by atoms with E-state index in [1.807, 2.05) is 11.8 Å². The molecule has 0 radical (unpaired) electrons. The Kier molecular flexibility index (Phi) is 6.68. The van der Waals surface area contributed by atoms with Gasteiger partial charge in [0.2, 0.25) is 11.8 Å². The molecule has 132 valence electrons. The maximum Gasteiger partial charge on any atom is 0.240 e. The quantitative estimate of drug-likeness (QED) is 0.795. The summed E-state index contributed by atoms with van der Waals surface area (Å²) in [5.41, 5.74) is 0. The summed E-state index contributed by atoms with van der Waals surface area (Å²) in [6, 6.07) is 0.0173. The van der Waals surface area contributed by atoms with E-state index in [1.165, 1.54) is 19.3 Å². The number of carbonyl (C=O) groups is 2. The molecule has 3 rings (SSSR count). The first kappa shape index (κ1) is 18.5. The van der Waals surface area contributed by atoms with Crippen molar-refractivity contribution in [3.63, 3.8) is 0 Å². The lowest BCUT2D eigenvalue weighted by molar-refractivity contribution is -0.130. The minimum absolute atomic E-state index is 0. The Hall–Kier alpha value is -0.850. The number of morpholine rings is 1. The van der Waals surface area contributed by atoms with Crippen LogP contribution in [0.4, 0.5) is 0 Å². The summed E-state index contributed by atoms with van der Waals surface area (Å²) in [5.74, 6) is 0.147. The molecule has 0 spiro atoms. The van der Waals surface area contributed by atoms with Crippen LogP contribution in [0.1, 0.15) is 45.4 Å². The molecular formula is C16H28ClN3O3. The van der Waals surface area contributed by atoms with Crippen molar-refractivity contribution in [2.45, 2.75) is 69.7 Å². The van der Waals surface area contributed by atoms with Gasteiger partial charge < -0.3 is 20.3 Å². The van der Waals surface area contributed by atoms with Gasteiger partial charge >= 0.3 is 0 Å². The van der Waals surface area contributed by atoms with Crippen LogP contribution in [-0.4, -0.2) is 60.6 Å². The third kappa shape index (κ3) is 4.37. The van der Waals surface area contributed by atoms with Crippen LogP contribution in [0.3, 0.4) is 0 Å². The van der Waals surface area contributed by atoms with Crippen molar-refractivity contribution >= 4 is 24.2 Å². The average molecular weight is 346 g/mol. The van der Waals surface area contributed by atoms with Gasteiger partial charge in [-0.2, -0.15) is 0 Å². The van der Waals surface area contributed by atoms with Gasteiger partial charge in [-0.15, -0.1) is 12.4 Å². The summed E-state index contributed by atoms with van der Waals surface area (Å²) in [4.78, 5) is 26.6. The van der Waals surface area contributed by atoms with Crippen molar-refractivity contribution in [3.8, 4) is 0 Å². The molecule has 2 amide bonds. The molecule has 6 nitrogen and oxygen atoms in total. The highest BCUT2D eigenvalue weighted by Crippen LogP contribution is 2.26. The van der Waals surface area contributed by atoms with Crippen LogP contribution in [0, 0.1) is 0 Å². The van der Waals surface area contributed by atoms with E-state index in [9.17, 15) is 9.59 Å². The van der Waals surface area contributed by atoms with Gasteiger partial charge in [0.25, 0.3) is 0 Å². The van der Waals surface area contributed by atoms with Crippen molar-refractivity contribution < 1.29 is 14.3 Å². The Bertz CT molecular complexity index is 429. The Labute approximate surface area is 144 Å². The van der Waals surface area contributed by atoms with Crippen molar-refractivity contribution in [3.05, 3.63) is 0 Å². The fourth-order valence-corrected chi connectivity index (χ4v) is 3.89. The summed E-state index contributed by atoms with van der Waals surface area (Å²) in [6.45, 7) is 3.91. The number of carbonyl (C=O) groups excluding carboxylic acids is 2. The Morgan fingerprint density at radius 3 is 2.74 bits per heavy atom. The molecule has 2 N–H and O–H groups in total. The standard InChI is InChI=1S/C16H27N3O3.ClH/c1-11-15(17-7-8-22-11)16(21)18-12-9-14(20)19(10-12)13-5-3-2-4-6-13;/h11-13,15,17H,2-10H2,1H3,(H,18,21);1H/t11-,12?,15+;/m1./s1. The zero-order valence-electron chi connectivity index (χ0n) is 13.8. The molecule has 1 unspecified atom stereocenters. The number of ether oxygens (including phenoxy) is 1. The monoisotopic (exact) mass is 345 g/mol. The predicted molar refractivity (Wildman–Crippen MR) is 89.6 cm³/mol. The van der Waals surface area contributed by atoms with Crippen LogP contribution in [0.15, 0.2) is 0 Å². The molecule has 0 aromatic carbocycles. The third-order valence-electron chi connectivity index (χ3n) is 5.12. The number of nitrogens with one attached hydrogen (secondary N) is 2. The van der Waals surface area contributed by atoms with E-state index in [4.69, 9.17) is 4.74 Å². The van der Waals surface area contributed by atoms with E-state index in [1.54, 1.807) is 0 Å². The van der Waals surface area contributed by atoms with Crippen LogP contribution in [0.25, 0.3) is 0 Å². The highest BCUT2D eigenvalue weighted by Gasteiger charge is 2.37. The number of halogens is 1. The second-order valence-electron chi connectivity index (χ2n) is 6.76. The molecule has 7 heteroatoms. The van der Waals surface area contributed by atoms with Gasteiger partial charge in [-0.1, -0.05) is 19.3 Å². The Balaban J connectivity index is 0.00000192. The van der Waals surface area contributed by atoms with Gasteiger partial charge in [-0.05, 0) is 19.8 Å². The lowest BCUT2D eigenvalue weighted by Crippen LogP contribution is -2.57. The van der Waals surface area contributed by atoms with Crippen LogP contribution >= 0.6 is 12.4 Å². The largest absolute Gasteiger partial charge is 0.375 e. The van der Waals surface area contributed by atoms with Gasteiger partial charge in [0, 0.05) is 25.6 Å². The van der Waals surface area contributed by atoms with Gasteiger partial charge in [-0.3, -0.25) is 9.59 Å². The molecule has 0 aromatic heterocycles. The highest BCUT2D eigenvalue weighted by molar-refractivity contribution is 5.86. The fraction of sp³-hybridized carbons (Fsp3) is 0.875. The molecule has 1 aliphatic carbocycles. The zero-order valence-corrected chi connectivity index (χ0v) is 14.6. The minimum atomic E-state index is -0.312. The number of nitrogens with zero attached hydrogens (tertiary/aromatic N) is 1. The minimum Gasteiger partial charge on any atom is -0.375 e. The van der Waals surface area contributed by atoms with E-state index in [-0.39, 0.29) is 42.4 Å². The van der Waals surface area contributed by atoms with E-state index in [0.717, 1.165) is 12.8 Å². The van der Waals surface area contributed by atoms with Crippen LogP contribution < -0.4 is 10.6 Å².